The van der Waals surface area contributed by atoms with Crippen molar-refractivity contribution in [2.45, 2.75) is 76.4 Å². The van der Waals surface area contributed by atoms with Crippen LogP contribution in [0, 0.1) is 0 Å². The first-order chi connectivity index (χ1) is 10.7. The molecular formula is C18H24Br2O2. The van der Waals surface area contributed by atoms with Crippen molar-refractivity contribution in [3.63, 3.8) is 0 Å². The largest absolute Gasteiger partial charge is 0.489 e. The molecule has 0 atom stereocenters. The maximum atomic E-state index is 6.18. The van der Waals surface area contributed by atoms with Crippen molar-refractivity contribution < 1.29 is 9.47 Å². The standard InChI is InChI=1S/C18H24Br2O2/c19-15-12-18(22-14-9-5-2-6-10-14)16(20)11-17(15)21-13-7-3-1-4-8-13/h11-14H,1-10H2. The molecule has 2 aliphatic rings. The minimum atomic E-state index is 0.363. The van der Waals surface area contributed by atoms with Gasteiger partial charge in [-0.05, 0) is 95.4 Å². The zero-order valence-corrected chi connectivity index (χ0v) is 16.1. The number of rotatable bonds is 4. The van der Waals surface area contributed by atoms with Gasteiger partial charge in [0.1, 0.15) is 11.5 Å². The number of ether oxygens (including phenoxy) is 2. The molecule has 0 bridgehead atoms. The molecule has 0 aromatic heterocycles. The highest BCUT2D eigenvalue weighted by molar-refractivity contribution is 9.11. The molecule has 3 rings (SSSR count). The van der Waals surface area contributed by atoms with E-state index in [1.54, 1.807) is 0 Å². The maximum absolute atomic E-state index is 6.18. The Bertz CT molecular complexity index is 446. The molecule has 22 heavy (non-hydrogen) atoms. The normalized spacial score (nSPS) is 20.8. The van der Waals surface area contributed by atoms with Crippen molar-refractivity contribution in [1.82, 2.24) is 0 Å². The second kappa shape index (κ2) is 8.05. The van der Waals surface area contributed by atoms with E-state index < -0.39 is 0 Å². The van der Waals surface area contributed by atoms with Crippen molar-refractivity contribution in [3.8, 4) is 11.5 Å². The highest BCUT2D eigenvalue weighted by Gasteiger charge is 2.20. The molecule has 4 heteroatoms. The number of hydrogen-bond donors (Lipinski definition) is 0. The average molecular weight is 432 g/mol. The number of benzene rings is 1. The van der Waals surface area contributed by atoms with Crippen LogP contribution in [-0.2, 0) is 0 Å². The number of hydrogen-bond acceptors (Lipinski definition) is 2. The summed E-state index contributed by atoms with van der Waals surface area (Å²) in [7, 11) is 0. The lowest BCUT2D eigenvalue weighted by atomic mass is 9.97. The molecule has 0 amide bonds. The van der Waals surface area contributed by atoms with E-state index in [-0.39, 0.29) is 0 Å². The van der Waals surface area contributed by atoms with Gasteiger partial charge in [-0.3, -0.25) is 0 Å². The summed E-state index contributed by atoms with van der Waals surface area (Å²) in [6, 6.07) is 4.10. The summed E-state index contributed by atoms with van der Waals surface area (Å²) in [5.41, 5.74) is 0. The zero-order valence-electron chi connectivity index (χ0n) is 13.0. The molecule has 1 aromatic rings. The molecule has 0 N–H and O–H groups in total. The Balaban J connectivity index is 1.67. The molecule has 0 unspecified atom stereocenters. The number of halogens is 2. The lowest BCUT2D eigenvalue weighted by molar-refractivity contribution is 0.148. The second-order valence-electron chi connectivity index (χ2n) is 6.47. The quantitative estimate of drug-likeness (QED) is 0.532. The van der Waals surface area contributed by atoms with Crippen LogP contribution >= 0.6 is 31.9 Å². The van der Waals surface area contributed by atoms with Crippen LogP contribution in [0.2, 0.25) is 0 Å². The maximum Gasteiger partial charge on any atom is 0.135 e. The summed E-state index contributed by atoms with van der Waals surface area (Å²) in [5, 5.41) is 0. The van der Waals surface area contributed by atoms with Crippen LogP contribution in [0.3, 0.4) is 0 Å². The molecule has 0 radical (unpaired) electrons. The lowest BCUT2D eigenvalue weighted by Gasteiger charge is -2.26. The topological polar surface area (TPSA) is 18.5 Å². The Morgan fingerprint density at radius 2 is 1.00 bits per heavy atom. The summed E-state index contributed by atoms with van der Waals surface area (Å²) >= 11 is 7.29. The predicted octanol–water partition coefficient (Wildman–Crippen LogP) is 6.63. The first-order valence-corrected chi connectivity index (χ1v) is 10.1. The summed E-state index contributed by atoms with van der Waals surface area (Å²) in [6.07, 6.45) is 13.2. The van der Waals surface area contributed by atoms with E-state index in [2.05, 4.69) is 44.0 Å². The monoisotopic (exact) mass is 430 g/mol. The third-order valence-electron chi connectivity index (χ3n) is 4.68. The van der Waals surface area contributed by atoms with Gasteiger partial charge in [-0.25, -0.2) is 0 Å². The van der Waals surface area contributed by atoms with E-state index >= 15 is 0 Å². The molecule has 0 saturated heterocycles. The van der Waals surface area contributed by atoms with Gasteiger partial charge in [-0.2, -0.15) is 0 Å². The molecule has 0 heterocycles. The van der Waals surface area contributed by atoms with Gasteiger partial charge in [-0.1, -0.05) is 12.8 Å². The van der Waals surface area contributed by atoms with Crippen LogP contribution in [0.1, 0.15) is 64.2 Å². The van der Waals surface area contributed by atoms with Crippen LogP contribution in [0.4, 0.5) is 0 Å². The van der Waals surface area contributed by atoms with Gasteiger partial charge < -0.3 is 9.47 Å². The molecule has 0 aliphatic heterocycles. The van der Waals surface area contributed by atoms with Crippen molar-refractivity contribution in [2.75, 3.05) is 0 Å². The first kappa shape index (κ1) is 16.6. The molecule has 2 fully saturated rings. The van der Waals surface area contributed by atoms with Gasteiger partial charge in [0.2, 0.25) is 0 Å². The molecule has 2 saturated carbocycles. The van der Waals surface area contributed by atoms with E-state index in [4.69, 9.17) is 9.47 Å². The van der Waals surface area contributed by atoms with E-state index in [0.717, 1.165) is 20.4 Å². The smallest absolute Gasteiger partial charge is 0.135 e. The van der Waals surface area contributed by atoms with Gasteiger partial charge in [0.25, 0.3) is 0 Å². The summed E-state index contributed by atoms with van der Waals surface area (Å²) in [4.78, 5) is 0. The summed E-state index contributed by atoms with van der Waals surface area (Å²) in [5.74, 6) is 1.85. The van der Waals surface area contributed by atoms with E-state index in [9.17, 15) is 0 Å². The molecular weight excluding hydrogens is 408 g/mol. The molecule has 122 valence electrons. The third-order valence-corrected chi connectivity index (χ3v) is 5.92. The van der Waals surface area contributed by atoms with E-state index in [1.807, 2.05) is 0 Å². The fraction of sp³-hybridized carbons (Fsp3) is 0.667. The SMILES string of the molecule is Brc1cc(OC2CCCCC2)c(Br)cc1OC1CCCCC1. The fourth-order valence-electron chi connectivity index (χ4n) is 3.42. The van der Waals surface area contributed by atoms with E-state index in [1.165, 1.54) is 64.2 Å². The lowest BCUT2D eigenvalue weighted by Crippen LogP contribution is -2.21. The molecule has 0 spiro atoms. The third kappa shape index (κ3) is 4.41. The molecule has 2 aliphatic carbocycles. The van der Waals surface area contributed by atoms with Crippen LogP contribution in [0.25, 0.3) is 0 Å². The minimum absolute atomic E-state index is 0.363. The zero-order chi connectivity index (χ0) is 15.4. The van der Waals surface area contributed by atoms with Crippen molar-refractivity contribution in [3.05, 3.63) is 21.1 Å². The first-order valence-electron chi connectivity index (χ1n) is 8.55. The van der Waals surface area contributed by atoms with Crippen LogP contribution in [-0.4, -0.2) is 12.2 Å². The fourth-order valence-corrected chi connectivity index (χ4v) is 4.25. The van der Waals surface area contributed by atoms with Gasteiger partial charge in [-0.15, -0.1) is 0 Å². The van der Waals surface area contributed by atoms with Gasteiger partial charge in [0.15, 0.2) is 0 Å². The Labute approximate surface area is 150 Å². The summed E-state index contributed by atoms with van der Waals surface area (Å²) < 4.78 is 14.3. The Kier molecular flexibility index (Phi) is 6.09. The van der Waals surface area contributed by atoms with Gasteiger partial charge in [0.05, 0.1) is 21.2 Å². The molecule has 2 nitrogen and oxygen atoms in total. The van der Waals surface area contributed by atoms with Crippen molar-refractivity contribution in [1.29, 1.82) is 0 Å². The highest BCUT2D eigenvalue weighted by Crippen LogP contribution is 2.39. The van der Waals surface area contributed by atoms with Crippen molar-refractivity contribution >= 4 is 31.9 Å². The second-order valence-corrected chi connectivity index (χ2v) is 8.18. The Morgan fingerprint density at radius 1 is 0.636 bits per heavy atom. The Hall–Kier alpha value is -0.220. The van der Waals surface area contributed by atoms with Crippen molar-refractivity contribution in [2.24, 2.45) is 0 Å². The minimum Gasteiger partial charge on any atom is -0.489 e. The van der Waals surface area contributed by atoms with Crippen LogP contribution < -0.4 is 9.47 Å². The van der Waals surface area contributed by atoms with Crippen LogP contribution in [0.15, 0.2) is 21.1 Å². The van der Waals surface area contributed by atoms with Gasteiger partial charge in [0, 0.05) is 0 Å². The van der Waals surface area contributed by atoms with Crippen LogP contribution in [0.5, 0.6) is 11.5 Å². The highest BCUT2D eigenvalue weighted by atomic mass is 79.9. The van der Waals surface area contributed by atoms with Gasteiger partial charge >= 0.3 is 0 Å². The molecule has 1 aromatic carbocycles. The average Bonchev–Trinajstić information content (AvgIpc) is 2.54. The van der Waals surface area contributed by atoms with E-state index in [0.29, 0.717) is 12.2 Å². The predicted molar refractivity (Wildman–Crippen MR) is 96.8 cm³/mol. The summed E-state index contributed by atoms with van der Waals surface area (Å²) in [6.45, 7) is 0. The Morgan fingerprint density at radius 3 is 1.36 bits per heavy atom.